The van der Waals surface area contributed by atoms with Crippen molar-refractivity contribution in [3.63, 3.8) is 0 Å². The standard InChI is InChI=1S/5BO3.9H3N.4H2O/c5*2-1(3)4;;;;;;;;;;;;;/h;;;;;9*1H3;4*1H2/q5*-3;;;;;;;;;;;;;/p+9. The fourth-order valence-corrected chi connectivity index (χ4v) is 0. The zero-order chi connectivity index (χ0) is 17.9. The summed E-state index contributed by atoms with van der Waals surface area (Å²) in [4.78, 5) is 0. The monoisotopic (exact) mass is 529 g/mol. The second-order valence-corrected chi connectivity index (χ2v) is 1.44. The highest BCUT2D eigenvalue weighted by Gasteiger charge is 1.18. The van der Waals surface area contributed by atoms with Gasteiger partial charge < -0.3 is 153 Å². The summed E-state index contributed by atoms with van der Waals surface area (Å²) in [6.45, 7) is 0. The Bertz CT molecular complexity index is 104. The molecule has 33 heavy (non-hydrogen) atoms. The first-order valence-corrected chi connectivity index (χ1v) is 3.54. The van der Waals surface area contributed by atoms with Crippen LogP contribution in [0.2, 0.25) is 0 Å². The van der Waals surface area contributed by atoms with E-state index in [2.05, 4.69) is 0 Å². The fraction of sp³-hybridized carbons (Fsp3) is 0. The summed E-state index contributed by atoms with van der Waals surface area (Å²) in [5, 5.41) is 126. The molecule has 0 rings (SSSR count). The molecule has 0 fully saturated rings. The topological polar surface area (TPSA) is 800 Å². The second kappa shape index (κ2) is 141. The first kappa shape index (κ1) is 155. The lowest BCUT2D eigenvalue weighted by Crippen LogP contribution is -2.56. The van der Waals surface area contributed by atoms with Crippen LogP contribution in [-0.4, -0.2) is 58.5 Å². The molecule has 0 aliphatic heterocycles. The van der Waals surface area contributed by atoms with E-state index in [9.17, 15) is 0 Å². The van der Waals surface area contributed by atoms with Crippen molar-refractivity contribution in [1.29, 1.82) is 0 Å². The Kier molecular flexibility index (Phi) is 664. The van der Waals surface area contributed by atoms with E-state index < -0.39 is 36.6 Å². The molecular weight excluding hydrogens is 484 g/mol. The quantitative estimate of drug-likeness (QED) is 0.132. The number of rotatable bonds is 0. The Labute approximate surface area is 190 Å². The van der Waals surface area contributed by atoms with E-state index >= 15 is 0 Å². The minimum Gasteiger partial charge on any atom is -0.907 e. The molecule has 0 spiro atoms. The van der Waals surface area contributed by atoms with Gasteiger partial charge in [0.15, 0.2) is 0 Å². The third-order valence-electron chi connectivity index (χ3n) is 0. The lowest BCUT2D eigenvalue weighted by atomic mass is 10.3. The average molecular weight is 528 g/mol. The van der Waals surface area contributed by atoms with Crippen LogP contribution < -0.4 is 131 Å². The van der Waals surface area contributed by atoms with Gasteiger partial charge in [-0.25, -0.2) is 0 Å². The lowest BCUT2D eigenvalue weighted by Gasteiger charge is -2.35. The van der Waals surface area contributed by atoms with Crippen molar-refractivity contribution in [1.82, 2.24) is 55.4 Å². The number of hydrogen-bond donors (Lipinski definition) is 9. The first-order valence-electron chi connectivity index (χ1n) is 3.54. The molecule has 0 saturated carbocycles. The molecule has 0 aromatic carbocycles. The maximum Gasteiger partial charge on any atom is -0.278 e. The highest BCUT2D eigenvalue weighted by molar-refractivity contribution is 6.24. The minimum atomic E-state index is -2.92. The molecule has 0 saturated heterocycles. The van der Waals surface area contributed by atoms with Crippen LogP contribution in [0.5, 0.6) is 0 Å². The fourth-order valence-electron chi connectivity index (χ4n) is 0. The van der Waals surface area contributed by atoms with Crippen molar-refractivity contribution in [2.75, 3.05) is 0 Å². The predicted octanol–water partition coefficient (Wildman–Crippen LogP) is -19.7. The Hall–Kier alpha value is -0.795. The molecule has 0 amide bonds. The van der Waals surface area contributed by atoms with E-state index in [1.165, 1.54) is 0 Å². The Morgan fingerprint density at radius 3 is 0.182 bits per heavy atom. The molecule has 28 nitrogen and oxygen atoms in total. The van der Waals surface area contributed by atoms with Crippen molar-refractivity contribution in [3.05, 3.63) is 0 Å². The lowest BCUT2D eigenvalue weighted by molar-refractivity contribution is -0.481. The van der Waals surface area contributed by atoms with Gasteiger partial charge in [0, 0.05) is 0 Å². The second-order valence-electron chi connectivity index (χ2n) is 1.44. The minimum absolute atomic E-state index is 0. The Morgan fingerprint density at radius 2 is 0.182 bits per heavy atom. The highest BCUT2D eigenvalue weighted by Crippen LogP contribution is 1.01. The van der Waals surface area contributed by atoms with E-state index in [1.807, 2.05) is 0 Å². The molecule has 0 unspecified atom stereocenters. The Morgan fingerprint density at radius 1 is 0.182 bits per heavy atom. The van der Waals surface area contributed by atoms with Gasteiger partial charge in [-0.15, -0.1) is 0 Å². The first-order chi connectivity index (χ1) is 8.66. The molecule has 0 aromatic heterocycles. The molecule has 0 aromatic rings. The van der Waals surface area contributed by atoms with E-state index in [-0.39, 0.29) is 77.3 Å². The zero-order valence-electron chi connectivity index (χ0n) is 20.0. The third-order valence-corrected chi connectivity index (χ3v) is 0. The van der Waals surface area contributed by atoms with Crippen LogP contribution in [-0.2, 0) is 0 Å². The molecule has 0 aliphatic rings. The SMILES string of the molecule is O.O.O.O.[NH4+].[NH4+].[NH4+].[NH4+].[NH4+].[NH4+].[NH4+].[NH4+].[NH4+].[O-]B([O-])[O-].[O-]B([O-])[O-].[O-]B([O-])[O-].[O-]B([O-])[O-].[O-]B([O-])[O-]. The average Bonchev–Trinajstić information content (AvgIpc) is 1.94. The summed E-state index contributed by atoms with van der Waals surface area (Å²) in [5.74, 6) is 0. The van der Waals surface area contributed by atoms with Gasteiger partial charge in [-0.05, 0) is 0 Å². The molecule has 224 valence electrons. The number of quaternary nitrogens is 9. The van der Waals surface area contributed by atoms with Crippen molar-refractivity contribution >= 4 is 36.6 Å². The van der Waals surface area contributed by atoms with Crippen molar-refractivity contribution in [3.8, 4) is 0 Å². The van der Waals surface area contributed by atoms with Crippen molar-refractivity contribution < 1.29 is 97.3 Å². The van der Waals surface area contributed by atoms with E-state index in [0.717, 1.165) is 0 Å². The third kappa shape index (κ3) is 42100. The summed E-state index contributed by atoms with van der Waals surface area (Å²) in [5.41, 5.74) is 0. The molecule has 0 bridgehead atoms. The van der Waals surface area contributed by atoms with Crippen molar-refractivity contribution in [2.45, 2.75) is 0 Å². The van der Waals surface area contributed by atoms with Gasteiger partial charge in [0.05, 0.1) is 0 Å². The van der Waals surface area contributed by atoms with Crippen LogP contribution in [0.4, 0.5) is 0 Å². The molecule has 0 heterocycles. The van der Waals surface area contributed by atoms with Gasteiger partial charge in [0.25, 0.3) is 0 Å². The van der Waals surface area contributed by atoms with Crippen LogP contribution in [0.1, 0.15) is 0 Å². The molecule has 33 heteroatoms. The van der Waals surface area contributed by atoms with Gasteiger partial charge in [0.2, 0.25) is 0 Å². The van der Waals surface area contributed by atoms with Gasteiger partial charge >= 0.3 is 0 Å². The van der Waals surface area contributed by atoms with Gasteiger partial charge in [-0.2, -0.15) is 0 Å². The number of hydrogen-bond acceptors (Lipinski definition) is 15. The normalized spacial score (nSPS) is 4.09. The maximum absolute atomic E-state index is 8.42. The Balaban J connectivity index is -0.00000000485. The predicted molar refractivity (Wildman–Crippen MR) is 97.1 cm³/mol. The molecule has 0 atom stereocenters. The summed E-state index contributed by atoms with van der Waals surface area (Å²) >= 11 is 0. The van der Waals surface area contributed by atoms with Crippen LogP contribution in [0.15, 0.2) is 0 Å². The van der Waals surface area contributed by atoms with E-state index in [1.54, 1.807) is 0 Å². The molecule has 0 aliphatic carbocycles. The van der Waals surface area contributed by atoms with Crippen LogP contribution in [0.3, 0.4) is 0 Å². The van der Waals surface area contributed by atoms with Crippen LogP contribution in [0, 0.1) is 0 Å². The summed E-state index contributed by atoms with van der Waals surface area (Å²) < 4.78 is 0. The smallest absolute Gasteiger partial charge is 0.278 e. The summed E-state index contributed by atoms with van der Waals surface area (Å²) in [7, 11) is -14.6. The molecular formula is H44B5N9O19-6. The summed E-state index contributed by atoms with van der Waals surface area (Å²) in [6, 6.07) is 0. The molecule has 44 N–H and O–H groups in total. The zero-order valence-corrected chi connectivity index (χ0v) is 20.0. The highest BCUT2D eigenvalue weighted by atomic mass is 16.5. The van der Waals surface area contributed by atoms with Crippen LogP contribution >= 0.6 is 0 Å². The maximum atomic E-state index is 8.42. The molecule has 0 radical (unpaired) electrons. The van der Waals surface area contributed by atoms with Crippen LogP contribution in [0.25, 0.3) is 0 Å². The van der Waals surface area contributed by atoms with Gasteiger partial charge in [0.1, 0.15) is 0 Å². The van der Waals surface area contributed by atoms with E-state index in [0.29, 0.717) is 0 Å². The van der Waals surface area contributed by atoms with Gasteiger partial charge in [-0.1, -0.05) is 0 Å². The largest absolute Gasteiger partial charge is 0.907 e. The summed E-state index contributed by atoms with van der Waals surface area (Å²) in [6.07, 6.45) is 0. The van der Waals surface area contributed by atoms with Gasteiger partial charge in [-0.3, -0.25) is 36.6 Å². The van der Waals surface area contributed by atoms with E-state index in [4.69, 9.17) is 75.4 Å². The van der Waals surface area contributed by atoms with Crippen molar-refractivity contribution in [2.24, 2.45) is 0 Å².